The second-order valence-electron chi connectivity index (χ2n) is 16.2. The van der Waals surface area contributed by atoms with Gasteiger partial charge in [0.15, 0.2) is 12.4 Å². The van der Waals surface area contributed by atoms with Crippen LogP contribution < -0.4 is 14.3 Å². The highest BCUT2D eigenvalue weighted by Crippen LogP contribution is 2.51. The number of hydrogen-bond donors (Lipinski definition) is 0. The molecule has 0 saturated heterocycles. The summed E-state index contributed by atoms with van der Waals surface area (Å²) in [6, 6.07) is 40.6. The average Bonchev–Trinajstić information content (AvgIpc) is 3.83. The topological polar surface area (TPSA) is 20.9 Å². The molecule has 0 bridgehead atoms. The minimum Gasteiger partial charge on any atom is -0.454 e. The normalized spacial score (nSPS) is 18.0. The van der Waals surface area contributed by atoms with Gasteiger partial charge in [-0.2, -0.15) is 0 Å². The fourth-order valence-electron chi connectivity index (χ4n) is 9.49. The van der Waals surface area contributed by atoms with E-state index in [4.69, 9.17) is 8.53 Å². The lowest BCUT2D eigenvalue weighted by molar-refractivity contribution is -0.954. The highest BCUT2D eigenvalue weighted by Gasteiger charge is 2.67. The fraction of sp³-hybridized carbons (Fsp3) is 0.184. The number of benzene rings is 6. The van der Waals surface area contributed by atoms with Crippen LogP contribution in [0, 0.1) is 12.8 Å². The Morgan fingerprint density at radius 2 is 1.28 bits per heavy atom. The van der Waals surface area contributed by atoms with E-state index in [1.54, 1.807) is 6.20 Å². The summed E-state index contributed by atoms with van der Waals surface area (Å²) in [6.45, 7) is 8.07. The number of pyridine rings is 2. The summed E-state index contributed by atoms with van der Waals surface area (Å²) < 4.78 is 57.2. The highest BCUT2D eigenvalue weighted by atomic mass is 28.3. The predicted octanol–water partition coefficient (Wildman–Crippen LogP) is 10.9. The Bertz CT molecular complexity index is 3250. The fourth-order valence-corrected chi connectivity index (χ4v) is 10.6. The first-order valence-electron chi connectivity index (χ1n) is 21.1. The Hall–Kier alpha value is -5.58. The molecule has 11 rings (SSSR count). The van der Waals surface area contributed by atoms with Crippen LogP contribution in [0.15, 0.2) is 132 Å². The molecule has 0 fully saturated rings. The third kappa shape index (κ3) is 3.94. The number of fused-ring (bicyclic) bond motifs is 21. The average molecular weight is 708 g/mol. The van der Waals surface area contributed by atoms with Crippen molar-refractivity contribution < 1.29 is 20.4 Å². The molecule has 6 aromatic carbocycles. The maximum absolute atomic E-state index is 9.39. The summed E-state index contributed by atoms with van der Waals surface area (Å²) in [7, 11) is -1.84. The lowest BCUT2D eigenvalue weighted by atomic mass is 9.89. The van der Waals surface area contributed by atoms with Crippen LogP contribution in [0.5, 0.6) is 0 Å². The van der Waals surface area contributed by atoms with Crippen LogP contribution in [-0.4, -0.2) is 8.07 Å². The monoisotopic (exact) mass is 707 g/mol. The van der Waals surface area contributed by atoms with Crippen LogP contribution in [0.2, 0.25) is 19.6 Å². The van der Waals surface area contributed by atoms with Crippen molar-refractivity contribution in [3.63, 3.8) is 0 Å². The van der Waals surface area contributed by atoms with Gasteiger partial charge in [-0.3, -0.25) is 0 Å². The number of furan rings is 1. The first-order valence-corrected chi connectivity index (χ1v) is 22.1. The van der Waals surface area contributed by atoms with Gasteiger partial charge in [0.1, 0.15) is 27.9 Å². The Balaban J connectivity index is 1.35. The van der Waals surface area contributed by atoms with E-state index in [2.05, 4.69) is 144 Å². The zero-order valence-electron chi connectivity index (χ0n) is 35.5. The molecular formula is C49H42N2OSi+2. The molecule has 0 saturated carbocycles. The van der Waals surface area contributed by atoms with Crippen molar-refractivity contribution in [1.29, 1.82) is 0 Å². The van der Waals surface area contributed by atoms with E-state index in [1.807, 2.05) is 19.9 Å². The molecule has 0 N–H and O–H groups in total. The van der Waals surface area contributed by atoms with E-state index in [-0.39, 0.29) is 11.1 Å². The van der Waals surface area contributed by atoms with Crippen molar-refractivity contribution in [2.24, 2.45) is 5.92 Å². The summed E-state index contributed by atoms with van der Waals surface area (Å²) in [5.41, 5.74) is 6.34. The largest absolute Gasteiger partial charge is 0.454 e. The van der Waals surface area contributed by atoms with Gasteiger partial charge in [0.25, 0.3) is 0 Å². The third-order valence-corrected chi connectivity index (χ3v) is 13.8. The quantitative estimate of drug-likeness (QED) is 0.102. The molecular weight excluding hydrogens is 661 g/mol. The van der Waals surface area contributed by atoms with Gasteiger partial charge in [-0.1, -0.05) is 106 Å². The molecule has 3 aromatic heterocycles. The summed E-state index contributed by atoms with van der Waals surface area (Å²) >= 11 is 0. The molecule has 2 aliphatic heterocycles. The summed E-state index contributed by atoms with van der Waals surface area (Å²) in [5, 5.41) is 10.0. The van der Waals surface area contributed by atoms with Crippen LogP contribution in [0.4, 0.5) is 0 Å². The van der Waals surface area contributed by atoms with Crippen LogP contribution >= 0.6 is 0 Å². The molecule has 9 aromatic rings. The van der Waals surface area contributed by atoms with E-state index in [0.29, 0.717) is 5.58 Å². The van der Waals surface area contributed by atoms with Crippen LogP contribution in [0.1, 0.15) is 43.0 Å². The maximum atomic E-state index is 9.39. The molecule has 4 heteroatoms. The number of hydrogen-bond acceptors (Lipinski definition) is 1. The number of aryl methyl sites for hydroxylation is 1. The molecule has 2 aliphatic rings. The number of aromatic nitrogens is 2. The Morgan fingerprint density at radius 3 is 2.02 bits per heavy atom. The predicted molar refractivity (Wildman–Crippen MR) is 222 cm³/mol. The van der Waals surface area contributed by atoms with Gasteiger partial charge in [-0.25, -0.2) is 0 Å². The Labute approximate surface area is 317 Å². The van der Waals surface area contributed by atoms with Crippen molar-refractivity contribution in [1.82, 2.24) is 0 Å². The Kier molecular flexibility index (Phi) is 5.20. The minimum absolute atomic E-state index is 0.0141. The molecule has 1 unspecified atom stereocenters. The van der Waals surface area contributed by atoms with E-state index in [0.717, 1.165) is 76.9 Å². The molecule has 1 spiro atoms. The van der Waals surface area contributed by atoms with Gasteiger partial charge < -0.3 is 4.42 Å². The molecule has 1 atom stereocenters. The number of nitrogens with zero attached hydrogens (tertiary/aromatic N) is 2. The SMILES string of the molecule is [2H]C([2H])([2H])c1c[n+]2c(cc1C([2H])([2H])C(C)C)-c1c(ccc3c1oc1c3ccc3c4ccccc4c4ccccc4c31)C21c2ccccc2-c2ccc([Si](C)(C)C)c[n+]21. The van der Waals surface area contributed by atoms with Crippen molar-refractivity contribution in [2.75, 3.05) is 0 Å². The first-order chi connectivity index (χ1) is 27.6. The summed E-state index contributed by atoms with van der Waals surface area (Å²) in [6.07, 6.45) is 2.09. The molecule has 256 valence electrons. The van der Waals surface area contributed by atoms with Crippen LogP contribution in [0.25, 0.3) is 76.8 Å². The molecule has 5 heterocycles. The van der Waals surface area contributed by atoms with Gasteiger partial charge in [-0.15, -0.1) is 9.13 Å². The lowest BCUT2D eigenvalue weighted by Gasteiger charge is -2.20. The van der Waals surface area contributed by atoms with Crippen molar-refractivity contribution in [2.45, 2.75) is 52.4 Å². The Morgan fingerprint density at radius 1 is 0.660 bits per heavy atom. The zero-order chi connectivity index (χ0) is 40.3. The molecule has 53 heavy (non-hydrogen) atoms. The van der Waals surface area contributed by atoms with E-state index < -0.39 is 32.9 Å². The van der Waals surface area contributed by atoms with E-state index in [9.17, 15) is 2.74 Å². The molecule has 0 aliphatic carbocycles. The summed E-state index contributed by atoms with van der Waals surface area (Å²) in [5.74, 6) is -0.482. The standard InChI is InChI=1S/C49H42N2OSi/c1-29(2)25-31-26-44-46-42(49(50(44)27-30(31)3)41-18-12-11-17-40(41)43-24-19-32(28-51(43)49)53(4,5)6)23-22-39-38-21-20-37-35-15-8-7-13-33(35)34-14-9-10-16-36(34)45(37)47(38)52-48(39)46/h7-24,26-29H,25H2,1-6H3/q+2/i3D3,25D2. The summed E-state index contributed by atoms with van der Waals surface area (Å²) in [4.78, 5) is 0. The van der Waals surface area contributed by atoms with Crippen LogP contribution in [0.3, 0.4) is 0 Å². The van der Waals surface area contributed by atoms with Gasteiger partial charge in [0.2, 0.25) is 11.4 Å². The highest BCUT2D eigenvalue weighted by molar-refractivity contribution is 6.88. The van der Waals surface area contributed by atoms with E-state index >= 15 is 0 Å². The molecule has 0 amide bonds. The number of rotatable bonds is 3. The second-order valence-corrected chi connectivity index (χ2v) is 21.3. The minimum atomic E-state index is -2.58. The second kappa shape index (κ2) is 10.5. The lowest BCUT2D eigenvalue weighted by Crippen LogP contribution is -2.72. The van der Waals surface area contributed by atoms with E-state index in [1.165, 1.54) is 10.6 Å². The van der Waals surface area contributed by atoms with Crippen molar-refractivity contribution in [3.05, 3.63) is 150 Å². The first kappa shape index (κ1) is 26.2. The maximum Gasteiger partial charge on any atom is 0.417 e. The van der Waals surface area contributed by atoms with Crippen molar-refractivity contribution >= 4 is 67.5 Å². The molecule has 0 radical (unpaired) electrons. The smallest absolute Gasteiger partial charge is 0.417 e. The van der Waals surface area contributed by atoms with Crippen LogP contribution in [-0.2, 0) is 12.0 Å². The zero-order valence-corrected chi connectivity index (χ0v) is 31.5. The third-order valence-electron chi connectivity index (χ3n) is 11.8. The van der Waals surface area contributed by atoms with Gasteiger partial charge in [-0.05, 0) is 82.0 Å². The van der Waals surface area contributed by atoms with Gasteiger partial charge in [0, 0.05) is 45.9 Å². The molecule has 3 nitrogen and oxygen atoms in total. The van der Waals surface area contributed by atoms with Gasteiger partial charge in [0.05, 0.1) is 13.6 Å². The van der Waals surface area contributed by atoms with Crippen molar-refractivity contribution in [3.8, 4) is 22.5 Å². The van der Waals surface area contributed by atoms with Gasteiger partial charge >= 0.3 is 5.66 Å².